The van der Waals surface area contributed by atoms with Crippen molar-refractivity contribution >= 4 is 54.8 Å². The van der Waals surface area contributed by atoms with E-state index >= 15 is 0 Å². The fraction of sp³-hybridized carbons (Fsp3) is 0.417. The predicted molar refractivity (Wildman–Crippen MR) is 142 cm³/mol. The Kier molecular flexibility index (Phi) is 10.3. The number of sulfone groups is 1. The molecule has 10 heteroatoms. The zero-order chi connectivity index (χ0) is 24.0. The molecule has 0 aliphatic carbocycles. The van der Waals surface area contributed by atoms with Gasteiger partial charge in [0.15, 0.2) is 15.0 Å². The standard InChI is InChI=1S/C24H31N3O4S2.ClH/c1-5-26(6-2)15-16-27(23(28)18-9-12-20(13-10-18)33(29,30)8-4)24-25-21-14-11-19(31-7-3)17-22(21)32-24;/h9-14,17H,5-8,15-16H2,1-4H3;1H. The van der Waals surface area contributed by atoms with Crippen molar-refractivity contribution in [3.05, 3.63) is 48.0 Å². The Balaban J connectivity index is 0.00000408. The van der Waals surface area contributed by atoms with Crippen molar-refractivity contribution in [1.82, 2.24) is 9.88 Å². The lowest BCUT2D eigenvalue weighted by Gasteiger charge is -2.24. The van der Waals surface area contributed by atoms with Gasteiger partial charge in [-0.15, -0.1) is 12.4 Å². The highest BCUT2D eigenvalue weighted by molar-refractivity contribution is 7.91. The van der Waals surface area contributed by atoms with E-state index in [1.807, 2.05) is 25.1 Å². The SMILES string of the molecule is CCOc1ccc2nc(N(CCN(CC)CC)C(=O)c3ccc(S(=O)(=O)CC)cc3)sc2c1.Cl. The fourth-order valence-electron chi connectivity index (χ4n) is 3.46. The Labute approximate surface area is 212 Å². The Morgan fingerprint density at radius 2 is 1.68 bits per heavy atom. The normalized spacial score (nSPS) is 11.4. The third-order valence-electron chi connectivity index (χ3n) is 5.51. The van der Waals surface area contributed by atoms with Crippen molar-refractivity contribution < 1.29 is 17.9 Å². The lowest BCUT2D eigenvalue weighted by Crippen LogP contribution is -2.38. The van der Waals surface area contributed by atoms with E-state index in [9.17, 15) is 13.2 Å². The summed E-state index contributed by atoms with van der Waals surface area (Å²) in [5.74, 6) is 0.590. The summed E-state index contributed by atoms with van der Waals surface area (Å²) in [7, 11) is -3.32. The van der Waals surface area contributed by atoms with Gasteiger partial charge in [0.2, 0.25) is 0 Å². The van der Waals surface area contributed by atoms with Crippen LogP contribution in [0.5, 0.6) is 5.75 Å². The van der Waals surface area contributed by atoms with Gasteiger partial charge in [0.1, 0.15) is 5.75 Å². The first-order valence-corrected chi connectivity index (χ1v) is 13.7. The van der Waals surface area contributed by atoms with Crippen molar-refractivity contribution in [1.29, 1.82) is 0 Å². The summed E-state index contributed by atoms with van der Waals surface area (Å²) in [4.78, 5) is 22.4. The van der Waals surface area contributed by atoms with E-state index in [2.05, 4.69) is 18.7 Å². The molecule has 1 heterocycles. The predicted octanol–water partition coefficient (Wildman–Crippen LogP) is 4.90. The van der Waals surface area contributed by atoms with Crippen LogP contribution in [0.25, 0.3) is 10.2 Å². The van der Waals surface area contributed by atoms with Crippen LogP contribution in [0.2, 0.25) is 0 Å². The number of likely N-dealkylation sites (N-methyl/N-ethyl adjacent to an activating group) is 1. The van der Waals surface area contributed by atoms with Gasteiger partial charge in [-0.05, 0) is 62.5 Å². The molecule has 0 aliphatic heterocycles. The van der Waals surface area contributed by atoms with Gasteiger partial charge in [0.25, 0.3) is 5.91 Å². The van der Waals surface area contributed by atoms with E-state index in [0.717, 1.165) is 29.1 Å². The van der Waals surface area contributed by atoms with Gasteiger partial charge in [0.05, 0.1) is 27.5 Å². The van der Waals surface area contributed by atoms with Gasteiger partial charge < -0.3 is 9.64 Å². The summed E-state index contributed by atoms with van der Waals surface area (Å²) >= 11 is 1.45. The van der Waals surface area contributed by atoms with Gasteiger partial charge in [-0.2, -0.15) is 0 Å². The number of benzene rings is 2. The maximum atomic E-state index is 13.5. The highest BCUT2D eigenvalue weighted by Crippen LogP contribution is 2.32. The van der Waals surface area contributed by atoms with Crippen LogP contribution in [0.15, 0.2) is 47.4 Å². The number of nitrogens with zero attached hydrogens (tertiary/aromatic N) is 3. The lowest BCUT2D eigenvalue weighted by molar-refractivity contribution is 0.0983. The molecule has 0 atom stereocenters. The summed E-state index contributed by atoms with van der Waals surface area (Å²) in [5, 5.41) is 0.612. The Hall–Kier alpha value is -2.20. The highest BCUT2D eigenvalue weighted by Gasteiger charge is 2.23. The molecule has 0 fully saturated rings. The second-order valence-corrected chi connectivity index (χ2v) is 10.8. The summed E-state index contributed by atoms with van der Waals surface area (Å²) in [5.41, 5.74) is 1.24. The van der Waals surface area contributed by atoms with Crippen LogP contribution in [-0.4, -0.2) is 62.7 Å². The minimum Gasteiger partial charge on any atom is -0.494 e. The van der Waals surface area contributed by atoms with Gasteiger partial charge in [0, 0.05) is 18.7 Å². The summed E-state index contributed by atoms with van der Waals surface area (Å²) in [6.07, 6.45) is 0. The summed E-state index contributed by atoms with van der Waals surface area (Å²) in [6, 6.07) is 11.9. The fourth-order valence-corrected chi connectivity index (χ4v) is 5.36. The van der Waals surface area contributed by atoms with Crippen LogP contribution in [0, 0.1) is 0 Å². The molecule has 0 N–H and O–H groups in total. The van der Waals surface area contributed by atoms with E-state index < -0.39 is 9.84 Å². The molecule has 0 bridgehead atoms. The number of aromatic nitrogens is 1. The number of carbonyl (C=O) groups excluding carboxylic acids is 1. The summed E-state index contributed by atoms with van der Waals surface area (Å²) < 4.78 is 30.8. The Bertz CT molecular complexity index is 1190. The molecular formula is C24H32ClN3O4S2. The van der Waals surface area contributed by atoms with Crippen LogP contribution < -0.4 is 9.64 Å². The van der Waals surface area contributed by atoms with E-state index in [-0.39, 0.29) is 29.0 Å². The van der Waals surface area contributed by atoms with Crippen LogP contribution in [0.3, 0.4) is 0 Å². The minimum absolute atomic E-state index is 0. The molecule has 2 aromatic carbocycles. The smallest absolute Gasteiger partial charge is 0.260 e. The summed E-state index contributed by atoms with van der Waals surface area (Å²) in [6.45, 7) is 11.3. The Morgan fingerprint density at radius 3 is 2.26 bits per heavy atom. The van der Waals surface area contributed by atoms with Gasteiger partial charge in [-0.25, -0.2) is 13.4 Å². The monoisotopic (exact) mass is 525 g/mol. The molecule has 0 saturated carbocycles. The highest BCUT2D eigenvalue weighted by atomic mass is 35.5. The van der Waals surface area contributed by atoms with Crippen molar-refractivity contribution in [3.8, 4) is 5.75 Å². The average Bonchev–Trinajstić information content (AvgIpc) is 3.25. The molecule has 34 heavy (non-hydrogen) atoms. The zero-order valence-corrected chi connectivity index (χ0v) is 22.4. The quantitative estimate of drug-likeness (QED) is 0.354. The van der Waals surface area contributed by atoms with Gasteiger partial charge >= 0.3 is 0 Å². The number of ether oxygens (including phenoxy) is 1. The number of fused-ring (bicyclic) bond motifs is 1. The number of halogens is 1. The average molecular weight is 526 g/mol. The van der Waals surface area contributed by atoms with Crippen LogP contribution in [-0.2, 0) is 9.84 Å². The number of anilines is 1. The van der Waals surface area contributed by atoms with E-state index in [4.69, 9.17) is 9.72 Å². The molecule has 0 unspecified atom stereocenters. The molecule has 1 amide bonds. The van der Waals surface area contributed by atoms with Crippen LogP contribution in [0.1, 0.15) is 38.1 Å². The molecule has 1 aromatic heterocycles. The first kappa shape index (κ1) is 28.0. The number of hydrogen-bond donors (Lipinski definition) is 0. The van der Waals surface area contributed by atoms with Crippen LogP contribution >= 0.6 is 23.7 Å². The van der Waals surface area contributed by atoms with Crippen molar-refractivity contribution in [2.24, 2.45) is 0 Å². The zero-order valence-electron chi connectivity index (χ0n) is 20.0. The van der Waals surface area contributed by atoms with Crippen LogP contribution in [0.4, 0.5) is 5.13 Å². The number of rotatable bonds is 11. The van der Waals surface area contributed by atoms with Crippen molar-refractivity contribution in [2.75, 3.05) is 43.4 Å². The van der Waals surface area contributed by atoms with Gasteiger partial charge in [-0.3, -0.25) is 9.69 Å². The maximum absolute atomic E-state index is 13.5. The first-order chi connectivity index (χ1) is 15.8. The largest absolute Gasteiger partial charge is 0.494 e. The third-order valence-corrected chi connectivity index (χ3v) is 8.30. The number of amides is 1. The lowest BCUT2D eigenvalue weighted by atomic mass is 10.2. The molecule has 186 valence electrons. The van der Waals surface area contributed by atoms with E-state index in [1.165, 1.54) is 23.5 Å². The van der Waals surface area contributed by atoms with E-state index in [1.54, 1.807) is 24.0 Å². The molecule has 3 aromatic rings. The molecule has 0 radical (unpaired) electrons. The van der Waals surface area contributed by atoms with Crippen molar-refractivity contribution in [3.63, 3.8) is 0 Å². The van der Waals surface area contributed by atoms with E-state index in [0.29, 0.717) is 30.4 Å². The Morgan fingerprint density at radius 1 is 1.00 bits per heavy atom. The second kappa shape index (κ2) is 12.5. The molecular weight excluding hydrogens is 494 g/mol. The molecule has 3 rings (SSSR count). The minimum atomic E-state index is -3.32. The molecule has 0 saturated heterocycles. The third kappa shape index (κ3) is 6.47. The molecule has 0 spiro atoms. The number of hydrogen-bond acceptors (Lipinski definition) is 7. The topological polar surface area (TPSA) is 79.8 Å². The number of carbonyl (C=O) groups is 1. The van der Waals surface area contributed by atoms with Crippen molar-refractivity contribution in [2.45, 2.75) is 32.6 Å². The number of thiazole rings is 1. The second-order valence-electron chi connectivity index (χ2n) is 7.47. The molecule has 0 aliphatic rings. The maximum Gasteiger partial charge on any atom is 0.260 e. The molecule has 7 nitrogen and oxygen atoms in total. The van der Waals surface area contributed by atoms with Gasteiger partial charge in [-0.1, -0.05) is 32.1 Å². The first-order valence-electron chi connectivity index (χ1n) is 11.2.